The molecule has 1 aromatic heterocycles. The molecular formula is C14H21ClN4O3. The van der Waals surface area contributed by atoms with Gasteiger partial charge in [-0.1, -0.05) is 37.8 Å². The van der Waals surface area contributed by atoms with Crippen LogP contribution in [0, 0.1) is 5.92 Å². The number of amides is 1. The Morgan fingerprint density at radius 1 is 1.50 bits per heavy atom. The Balaban J connectivity index is 0.000000299. The van der Waals surface area contributed by atoms with E-state index in [9.17, 15) is 9.59 Å². The average molecular weight is 329 g/mol. The summed E-state index contributed by atoms with van der Waals surface area (Å²) in [5.41, 5.74) is 5.03. The second-order valence-electron chi connectivity index (χ2n) is 5.73. The Kier molecular flexibility index (Phi) is 5.65. The zero-order valence-electron chi connectivity index (χ0n) is 12.5. The zero-order chi connectivity index (χ0) is 16.1. The Labute approximate surface area is 133 Å². The molecule has 1 amide bonds. The Hall–Kier alpha value is -1.76. The van der Waals surface area contributed by atoms with Crippen molar-refractivity contribution in [2.24, 2.45) is 11.7 Å². The summed E-state index contributed by atoms with van der Waals surface area (Å²) in [7, 11) is 0. The summed E-state index contributed by atoms with van der Waals surface area (Å²) in [6.07, 6.45) is 5.50. The predicted molar refractivity (Wildman–Crippen MR) is 84.2 cm³/mol. The molecule has 122 valence electrons. The van der Waals surface area contributed by atoms with Crippen molar-refractivity contribution in [2.45, 2.75) is 38.7 Å². The van der Waals surface area contributed by atoms with E-state index in [1.54, 1.807) is 0 Å². The number of H-pyrrole nitrogens is 1. The Morgan fingerprint density at radius 2 is 2.18 bits per heavy atom. The molecule has 1 aliphatic heterocycles. The lowest BCUT2D eigenvalue weighted by molar-refractivity contribution is 0.117. The first-order chi connectivity index (χ1) is 10.5. The minimum Gasteiger partial charge on any atom is -0.444 e. The molecule has 0 bridgehead atoms. The molecule has 2 aliphatic rings. The highest BCUT2D eigenvalue weighted by Crippen LogP contribution is 2.25. The van der Waals surface area contributed by atoms with Gasteiger partial charge in [-0.25, -0.2) is 9.89 Å². The van der Waals surface area contributed by atoms with Gasteiger partial charge in [-0.15, -0.1) is 0 Å². The van der Waals surface area contributed by atoms with Crippen molar-refractivity contribution in [2.75, 3.05) is 18.0 Å². The highest BCUT2D eigenvalue weighted by molar-refractivity contribution is 6.33. The van der Waals surface area contributed by atoms with Crippen molar-refractivity contribution in [1.82, 2.24) is 10.2 Å². The molecule has 1 aliphatic carbocycles. The molecule has 7 nitrogen and oxygen atoms in total. The van der Waals surface area contributed by atoms with Crippen molar-refractivity contribution in [3.63, 3.8) is 0 Å². The van der Waals surface area contributed by atoms with Gasteiger partial charge in [0.2, 0.25) is 0 Å². The number of nitrogens with two attached hydrogens (primary N) is 1. The van der Waals surface area contributed by atoms with Crippen LogP contribution >= 0.6 is 11.6 Å². The molecule has 1 aromatic rings. The number of hydrogen-bond donors (Lipinski definition) is 2. The number of aromatic nitrogens is 2. The first-order valence-electron chi connectivity index (χ1n) is 7.41. The summed E-state index contributed by atoms with van der Waals surface area (Å²) in [6, 6.07) is 0. The van der Waals surface area contributed by atoms with Crippen LogP contribution in [0.5, 0.6) is 0 Å². The molecule has 8 heteroatoms. The standard InChI is InChI=1S/C9H11ClN4O3.C5H10/c10-7-6(3-12-13-8(7)15)14-2-1-5(4-14)17-9(11)16;1-5-3-2-4-5/h3,5H,1-2,4H2,(H2,11,16)(H,13,15);5H,2-4H2,1H3/t5-;/m1./s1. The van der Waals surface area contributed by atoms with Crippen molar-refractivity contribution in [3.8, 4) is 0 Å². The molecule has 3 N–H and O–H groups in total. The summed E-state index contributed by atoms with van der Waals surface area (Å²) >= 11 is 5.87. The van der Waals surface area contributed by atoms with Crippen LogP contribution < -0.4 is 16.2 Å². The van der Waals surface area contributed by atoms with E-state index in [4.69, 9.17) is 22.1 Å². The predicted octanol–water partition coefficient (Wildman–Crippen LogP) is 1.90. The summed E-state index contributed by atoms with van der Waals surface area (Å²) in [5.74, 6) is 1.06. The van der Waals surface area contributed by atoms with Crippen molar-refractivity contribution in [1.29, 1.82) is 0 Å². The third-order valence-corrected chi connectivity index (χ3v) is 4.30. The SMILES string of the molecule is CC1CCC1.NC(=O)O[C@@H]1CCN(c2cn[nH]c(=O)c2Cl)C1. The fourth-order valence-electron chi connectivity index (χ4n) is 2.41. The smallest absolute Gasteiger partial charge is 0.404 e. The van der Waals surface area contributed by atoms with Gasteiger partial charge in [0.15, 0.2) is 0 Å². The topological polar surface area (TPSA) is 101 Å². The Morgan fingerprint density at radius 3 is 2.73 bits per heavy atom. The van der Waals surface area contributed by atoms with Crippen LogP contribution in [0.1, 0.15) is 32.6 Å². The lowest BCUT2D eigenvalue weighted by Crippen LogP contribution is -2.28. The maximum Gasteiger partial charge on any atom is 0.404 e. The van der Waals surface area contributed by atoms with Gasteiger partial charge in [-0.05, 0) is 5.92 Å². The second kappa shape index (κ2) is 7.49. The largest absolute Gasteiger partial charge is 0.444 e. The first kappa shape index (κ1) is 16.6. The van der Waals surface area contributed by atoms with Gasteiger partial charge >= 0.3 is 6.09 Å². The summed E-state index contributed by atoms with van der Waals surface area (Å²) < 4.78 is 4.88. The van der Waals surface area contributed by atoms with E-state index in [0.29, 0.717) is 25.2 Å². The van der Waals surface area contributed by atoms with E-state index >= 15 is 0 Å². The number of rotatable bonds is 2. The number of primary amides is 1. The minimum absolute atomic E-state index is 0.0831. The number of nitrogens with zero attached hydrogens (tertiary/aromatic N) is 2. The second-order valence-corrected chi connectivity index (χ2v) is 6.11. The Bertz CT molecular complexity index is 573. The van der Waals surface area contributed by atoms with Crippen LogP contribution in [-0.4, -0.2) is 35.5 Å². The number of ether oxygens (including phenoxy) is 1. The summed E-state index contributed by atoms with van der Waals surface area (Å²) in [5, 5.41) is 6.00. The number of carbonyl (C=O) groups excluding carboxylic acids is 1. The van der Waals surface area contributed by atoms with Crippen LogP contribution in [0.4, 0.5) is 10.5 Å². The highest BCUT2D eigenvalue weighted by Gasteiger charge is 2.27. The fourth-order valence-corrected chi connectivity index (χ4v) is 2.63. The maximum atomic E-state index is 11.3. The summed E-state index contributed by atoms with van der Waals surface area (Å²) in [6.45, 7) is 3.39. The molecule has 1 atom stereocenters. The lowest BCUT2D eigenvalue weighted by atomic mass is 9.88. The van der Waals surface area contributed by atoms with Gasteiger partial charge in [-0.2, -0.15) is 5.10 Å². The molecule has 22 heavy (non-hydrogen) atoms. The van der Waals surface area contributed by atoms with Gasteiger partial charge < -0.3 is 15.4 Å². The number of anilines is 1. The van der Waals surface area contributed by atoms with E-state index in [1.165, 1.54) is 25.5 Å². The first-order valence-corrected chi connectivity index (χ1v) is 7.79. The molecule has 1 saturated carbocycles. The fraction of sp³-hybridized carbons (Fsp3) is 0.643. The molecule has 0 radical (unpaired) electrons. The van der Waals surface area contributed by atoms with Crippen LogP contribution in [0.25, 0.3) is 0 Å². The van der Waals surface area contributed by atoms with E-state index in [-0.39, 0.29) is 11.1 Å². The van der Waals surface area contributed by atoms with Gasteiger partial charge in [-0.3, -0.25) is 4.79 Å². The van der Waals surface area contributed by atoms with E-state index in [0.717, 1.165) is 5.92 Å². The zero-order valence-corrected chi connectivity index (χ0v) is 13.3. The van der Waals surface area contributed by atoms with Gasteiger partial charge in [0.25, 0.3) is 5.56 Å². The van der Waals surface area contributed by atoms with Crippen LogP contribution in [0.15, 0.2) is 11.0 Å². The van der Waals surface area contributed by atoms with Gasteiger partial charge in [0.1, 0.15) is 11.1 Å². The molecule has 0 unspecified atom stereocenters. The van der Waals surface area contributed by atoms with E-state index in [1.807, 2.05) is 4.90 Å². The molecule has 3 rings (SSSR count). The van der Waals surface area contributed by atoms with Gasteiger partial charge in [0, 0.05) is 13.0 Å². The quantitative estimate of drug-likeness (QED) is 0.863. The molecule has 0 spiro atoms. The third kappa shape index (κ3) is 4.37. The lowest BCUT2D eigenvalue weighted by Gasteiger charge is -2.18. The van der Waals surface area contributed by atoms with E-state index < -0.39 is 11.7 Å². The highest BCUT2D eigenvalue weighted by atomic mass is 35.5. The van der Waals surface area contributed by atoms with Crippen molar-refractivity contribution >= 4 is 23.4 Å². The molecule has 0 aromatic carbocycles. The number of hydrogen-bond acceptors (Lipinski definition) is 5. The van der Waals surface area contributed by atoms with Crippen LogP contribution in [0.3, 0.4) is 0 Å². The maximum absolute atomic E-state index is 11.3. The van der Waals surface area contributed by atoms with Crippen LogP contribution in [-0.2, 0) is 4.74 Å². The molecule has 1 saturated heterocycles. The van der Waals surface area contributed by atoms with Crippen molar-refractivity contribution in [3.05, 3.63) is 21.6 Å². The number of carbonyl (C=O) groups is 1. The molecule has 2 heterocycles. The van der Waals surface area contributed by atoms with Gasteiger partial charge in [0.05, 0.1) is 18.4 Å². The van der Waals surface area contributed by atoms with Crippen molar-refractivity contribution < 1.29 is 9.53 Å². The molecule has 2 fully saturated rings. The number of halogens is 1. The number of aromatic amines is 1. The summed E-state index contributed by atoms with van der Waals surface area (Å²) in [4.78, 5) is 23.7. The molecular weight excluding hydrogens is 308 g/mol. The third-order valence-electron chi connectivity index (χ3n) is 3.94. The number of nitrogens with one attached hydrogen (secondary N) is 1. The average Bonchev–Trinajstić information content (AvgIpc) is 2.88. The normalized spacial score (nSPS) is 20.8. The van der Waals surface area contributed by atoms with Crippen LogP contribution in [0.2, 0.25) is 5.02 Å². The minimum atomic E-state index is -0.799. The monoisotopic (exact) mass is 328 g/mol. The van der Waals surface area contributed by atoms with E-state index in [2.05, 4.69) is 17.1 Å².